The highest BCUT2D eigenvalue weighted by Gasteiger charge is 2.18. The third-order valence-corrected chi connectivity index (χ3v) is 3.81. The zero-order valence-electron chi connectivity index (χ0n) is 12.1. The van der Waals surface area contributed by atoms with Gasteiger partial charge in [0.15, 0.2) is 5.78 Å². The number of phenols is 1. The van der Waals surface area contributed by atoms with Crippen molar-refractivity contribution >= 4 is 29.3 Å². The van der Waals surface area contributed by atoms with Crippen LogP contribution in [0.15, 0.2) is 29.1 Å². The number of phenolic OH excluding ortho intramolecular Hbond substituents is 1. The van der Waals surface area contributed by atoms with E-state index < -0.39 is 5.41 Å². The average molecular weight is 303 g/mol. The first kappa shape index (κ1) is 15.3. The van der Waals surface area contributed by atoms with Crippen molar-refractivity contribution in [1.29, 1.82) is 0 Å². The molecule has 0 saturated heterocycles. The minimum atomic E-state index is -0.476. The van der Waals surface area contributed by atoms with E-state index in [4.69, 9.17) is 0 Å². The molecule has 1 heterocycles. The van der Waals surface area contributed by atoms with Gasteiger partial charge in [0.05, 0.1) is 9.20 Å². The number of nitrogens with one attached hydrogen (secondary N) is 1. The van der Waals surface area contributed by atoms with Gasteiger partial charge in [-0.1, -0.05) is 32.9 Å². The molecule has 0 atom stereocenters. The number of Topliss-reactive ketones (excluding diaryl/α,β-unsaturated/α-hetero) is 1. The summed E-state index contributed by atoms with van der Waals surface area (Å²) in [4.78, 5) is 26.5. The number of aromatic hydroxyl groups is 1. The van der Waals surface area contributed by atoms with E-state index in [-0.39, 0.29) is 17.1 Å². The van der Waals surface area contributed by atoms with Crippen LogP contribution in [-0.4, -0.2) is 15.9 Å². The number of rotatable bonds is 2. The predicted molar refractivity (Wildman–Crippen MR) is 84.8 cm³/mol. The molecular weight excluding hydrogens is 286 g/mol. The van der Waals surface area contributed by atoms with Gasteiger partial charge >= 0.3 is 0 Å². The highest BCUT2D eigenvalue weighted by atomic mass is 32.1. The van der Waals surface area contributed by atoms with Crippen molar-refractivity contribution in [3.63, 3.8) is 0 Å². The quantitative estimate of drug-likeness (QED) is 0.880. The Hall–Kier alpha value is -2.14. The molecule has 0 aliphatic heterocycles. The normalized spacial score (nSPS) is 13.7. The second-order valence-electron chi connectivity index (χ2n) is 5.78. The smallest absolute Gasteiger partial charge is 0.266 e. The molecule has 110 valence electrons. The maximum atomic E-state index is 11.9. The van der Waals surface area contributed by atoms with Crippen LogP contribution in [0.4, 0.5) is 0 Å². The Morgan fingerprint density at radius 1 is 1.33 bits per heavy atom. The highest BCUT2D eigenvalue weighted by molar-refractivity contribution is 7.07. The van der Waals surface area contributed by atoms with E-state index in [1.807, 2.05) is 20.8 Å². The Bertz CT molecular complexity index is 837. The Morgan fingerprint density at radius 2 is 2.05 bits per heavy atom. The number of hydrogen-bond donors (Lipinski definition) is 2. The second-order valence-corrected chi connectivity index (χ2v) is 6.87. The molecule has 0 bridgehead atoms. The lowest BCUT2D eigenvalue weighted by molar-refractivity contribution is -0.119. The molecule has 0 spiro atoms. The molecular formula is C16H17NO3S. The molecule has 0 fully saturated rings. The van der Waals surface area contributed by atoms with Crippen LogP contribution in [-0.2, 0) is 4.79 Å². The summed E-state index contributed by atoms with van der Waals surface area (Å²) in [5.74, 6) is 0.107. The van der Waals surface area contributed by atoms with Crippen molar-refractivity contribution in [2.45, 2.75) is 20.8 Å². The van der Waals surface area contributed by atoms with E-state index in [1.54, 1.807) is 30.3 Å². The number of carbonyl (C=O) groups excluding carboxylic acids is 1. The molecule has 0 aliphatic carbocycles. The fourth-order valence-electron chi connectivity index (χ4n) is 1.63. The number of carbonyl (C=O) groups is 1. The van der Waals surface area contributed by atoms with E-state index in [0.29, 0.717) is 9.20 Å². The van der Waals surface area contributed by atoms with Crippen LogP contribution in [0.2, 0.25) is 0 Å². The number of ketones is 1. The van der Waals surface area contributed by atoms with E-state index in [2.05, 4.69) is 4.98 Å². The largest absolute Gasteiger partial charge is 0.508 e. The van der Waals surface area contributed by atoms with E-state index in [1.165, 1.54) is 17.4 Å². The number of aromatic nitrogens is 1. The Kier molecular flexibility index (Phi) is 4.14. The number of thiazole rings is 1. The summed E-state index contributed by atoms with van der Waals surface area (Å²) in [5.41, 5.74) is 0.0167. The highest BCUT2D eigenvalue weighted by Crippen LogP contribution is 2.14. The average Bonchev–Trinajstić information content (AvgIpc) is 2.68. The van der Waals surface area contributed by atoms with Crippen LogP contribution < -0.4 is 14.8 Å². The number of hydrogen-bond acceptors (Lipinski definition) is 4. The summed E-state index contributed by atoms with van der Waals surface area (Å²) < 4.78 is 1.03. The van der Waals surface area contributed by atoms with Crippen LogP contribution in [0.5, 0.6) is 5.75 Å². The van der Waals surface area contributed by atoms with Crippen LogP contribution in [0.1, 0.15) is 26.3 Å². The second kappa shape index (κ2) is 5.69. The summed E-state index contributed by atoms with van der Waals surface area (Å²) in [6, 6.07) is 6.64. The van der Waals surface area contributed by atoms with Gasteiger partial charge in [-0.3, -0.25) is 9.59 Å². The first-order valence-corrected chi connectivity index (χ1v) is 7.33. The van der Waals surface area contributed by atoms with Gasteiger partial charge in [-0.2, -0.15) is 0 Å². The third-order valence-electron chi connectivity index (χ3n) is 2.85. The maximum Gasteiger partial charge on any atom is 0.266 e. The molecule has 0 amide bonds. The topological polar surface area (TPSA) is 70.2 Å². The molecule has 21 heavy (non-hydrogen) atoms. The Balaban J connectivity index is 2.48. The van der Waals surface area contributed by atoms with Crippen LogP contribution in [0.3, 0.4) is 0 Å². The first-order chi connectivity index (χ1) is 9.75. The molecule has 0 radical (unpaired) electrons. The molecule has 2 aromatic rings. The van der Waals surface area contributed by atoms with Crippen molar-refractivity contribution in [3.8, 4) is 5.75 Å². The number of H-pyrrole nitrogens is 1. The lowest BCUT2D eigenvalue weighted by Gasteiger charge is -2.12. The van der Waals surface area contributed by atoms with Gasteiger partial charge in [0.2, 0.25) is 0 Å². The monoisotopic (exact) mass is 303 g/mol. The van der Waals surface area contributed by atoms with Gasteiger partial charge in [-0.05, 0) is 23.8 Å². The van der Waals surface area contributed by atoms with Gasteiger partial charge in [-0.25, -0.2) is 0 Å². The Morgan fingerprint density at radius 3 is 2.67 bits per heavy atom. The molecule has 2 N–H and O–H groups in total. The minimum Gasteiger partial charge on any atom is -0.508 e. The van der Waals surface area contributed by atoms with E-state index in [9.17, 15) is 14.7 Å². The van der Waals surface area contributed by atoms with Crippen LogP contribution in [0, 0.1) is 5.41 Å². The molecule has 2 rings (SSSR count). The molecule has 0 aliphatic rings. The fourth-order valence-corrected chi connectivity index (χ4v) is 2.51. The van der Waals surface area contributed by atoms with Gasteiger partial charge in [0.25, 0.3) is 5.56 Å². The molecule has 4 nitrogen and oxygen atoms in total. The summed E-state index contributed by atoms with van der Waals surface area (Å²) in [6.45, 7) is 5.49. The van der Waals surface area contributed by atoms with Crippen molar-refractivity contribution in [1.82, 2.24) is 4.98 Å². The maximum absolute atomic E-state index is 11.9. The minimum absolute atomic E-state index is 0.0381. The summed E-state index contributed by atoms with van der Waals surface area (Å²) >= 11 is 1.22. The molecule has 1 aromatic carbocycles. The van der Waals surface area contributed by atoms with Crippen LogP contribution in [0.25, 0.3) is 12.2 Å². The Labute approximate surface area is 126 Å². The van der Waals surface area contributed by atoms with Crippen molar-refractivity contribution in [2.75, 3.05) is 0 Å². The molecule has 0 unspecified atom stereocenters. The van der Waals surface area contributed by atoms with Gasteiger partial charge in [0.1, 0.15) is 5.75 Å². The lowest BCUT2D eigenvalue weighted by Crippen LogP contribution is -2.22. The van der Waals surface area contributed by atoms with Crippen molar-refractivity contribution in [3.05, 3.63) is 49.4 Å². The first-order valence-electron chi connectivity index (χ1n) is 6.52. The standard InChI is InChI=1S/C16H17NO3S/c1-16(2,3)13(19)9-14-17-15(20)12(21-14)8-10-5-4-6-11(18)7-10/h4-9,18H,1-3H3,(H,17,20)/b12-8-,14-9+. The van der Waals surface area contributed by atoms with Gasteiger partial charge in [0, 0.05) is 11.5 Å². The van der Waals surface area contributed by atoms with Gasteiger partial charge in [-0.15, -0.1) is 11.3 Å². The zero-order valence-corrected chi connectivity index (χ0v) is 13.0. The SMILES string of the molecule is CC(C)(C)C(=O)/C=c1\[nH]c(=O)/c(=C/c2cccc(O)c2)s1. The number of aromatic amines is 1. The summed E-state index contributed by atoms with van der Waals surface area (Å²) in [6.07, 6.45) is 3.15. The third kappa shape index (κ3) is 3.92. The zero-order chi connectivity index (χ0) is 15.6. The number of benzene rings is 1. The molecule has 5 heteroatoms. The lowest BCUT2D eigenvalue weighted by atomic mass is 9.91. The van der Waals surface area contributed by atoms with Gasteiger partial charge < -0.3 is 10.1 Å². The molecule has 0 saturated carbocycles. The van der Waals surface area contributed by atoms with Crippen molar-refractivity contribution < 1.29 is 9.90 Å². The van der Waals surface area contributed by atoms with E-state index in [0.717, 1.165) is 5.56 Å². The molecule has 1 aromatic heterocycles. The van der Waals surface area contributed by atoms with Crippen molar-refractivity contribution in [2.24, 2.45) is 5.41 Å². The van der Waals surface area contributed by atoms with E-state index >= 15 is 0 Å². The fraction of sp³-hybridized carbons (Fsp3) is 0.250. The predicted octanol–water partition coefficient (Wildman–Crippen LogP) is 1.37. The summed E-state index contributed by atoms with van der Waals surface area (Å²) in [5, 5.41) is 9.42. The van der Waals surface area contributed by atoms with Crippen LogP contribution >= 0.6 is 11.3 Å². The summed E-state index contributed by atoms with van der Waals surface area (Å²) in [7, 11) is 0.